The standard InChI is InChI=1S/C3H5O3P/c4-2(1-7)3(5)6/h1,7H2,(H,5,6). The van der Waals surface area contributed by atoms with E-state index in [9.17, 15) is 9.59 Å². The molecule has 3 nitrogen and oxygen atoms in total. The number of carbonyl (C=O) groups excluding carboxylic acids is 1. The van der Waals surface area contributed by atoms with Gasteiger partial charge in [-0.05, 0) is 0 Å². The Labute approximate surface area is 42.9 Å². The van der Waals surface area contributed by atoms with Crippen LogP contribution in [0.25, 0.3) is 0 Å². The molecule has 0 aromatic rings. The molecule has 0 aliphatic heterocycles. The number of hydrogen-bond donors (Lipinski definition) is 1. The fraction of sp³-hybridized carbons (Fsp3) is 0.333. The highest BCUT2D eigenvalue weighted by Crippen LogP contribution is 1.80. The van der Waals surface area contributed by atoms with E-state index in [2.05, 4.69) is 0 Å². The monoisotopic (exact) mass is 120 g/mol. The van der Waals surface area contributed by atoms with E-state index < -0.39 is 11.8 Å². The molecule has 7 heavy (non-hydrogen) atoms. The van der Waals surface area contributed by atoms with Crippen molar-refractivity contribution in [3.8, 4) is 0 Å². The number of ketones is 1. The van der Waals surface area contributed by atoms with Gasteiger partial charge in [-0.3, -0.25) is 4.79 Å². The quantitative estimate of drug-likeness (QED) is 0.395. The lowest BCUT2D eigenvalue weighted by Crippen LogP contribution is -2.12. The molecule has 40 valence electrons. The Morgan fingerprint density at radius 2 is 2.00 bits per heavy atom. The first-order valence-corrected chi connectivity index (χ1v) is 2.46. The van der Waals surface area contributed by atoms with Crippen LogP contribution in [0, 0.1) is 0 Å². The van der Waals surface area contributed by atoms with Crippen LogP contribution < -0.4 is 0 Å². The zero-order valence-electron chi connectivity index (χ0n) is 3.55. The fourth-order valence-electron chi connectivity index (χ4n) is 0.0873. The Bertz CT molecular complexity index is 98.4. The first-order chi connectivity index (χ1) is 3.18. The molecule has 1 atom stereocenters. The molecule has 0 aliphatic carbocycles. The Hall–Kier alpha value is -0.430. The van der Waals surface area contributed by atoms with Gasteiger partial charge in [0, 0.05) is 6.16 Å². The lowest BCUT2D eigenvalue weighted by atomic mass is 10.5. The van der Waals surface area contributed by atoms with E-state index in [-0.39, 0.29) is 6.16 Å². The Balaban J connectivity index is 3.58. The number of carbonyl (C=O) groups is 2. The molecule has 1 unspecified atom stereocenters. The first kappa shape index (κ1) is 6.57. The number of aliphatic carboxylic acids is 1. The maximum absolute atomic E-state index is 9.89. The fourth-order valence-corrected chi connectivity index (χ4v) is 0.262. The van der Waals surface area contributed by atoms with Gasteiger partial charge in [0.1, 0.15) is 0 Å². The van der Waals surface area contributed by atoms with E-state index in [4.69, 9.17) is 5.11 Å². The van der Waals surface area contributed by atoms with Crippen molar-refractivity contribution in [1.82, 2.24) is 0 Å². The summed E-state index contributed by atoms with van der Waals surface area (Å²) in [5.41, 5.74) is 0. The van der Waals surface area contributed by atoms with Crippen molar-refractivity contribution in [3.05, 3.63) is 0 Å². The van der Waals surface area contributed by atoms with E-state index >= 15 is 0 Å². The Kier molecular flexibility index (Phi) is 2.53. The highest BCUT2D eigenvalue weighted by molar-refractivity contribution is 7.18. The van der Waals surface area contributed by atoms with E-state index in [1.54, 1.807) is 0 Å². The molecule has 0 saturated carbocycles. The largest absolute Gasteiger partial charge is 0.475 e. The van der Waals surface area contributed by atoms with Crippen LogP contribution in [-0.2, 0) is 9.59 Å². The summed E-state index contributed by atoms with van der Waals surface area (Å²) in [6.07, 6.45) is -0.00463. The van der Waals surface area contributed by atoms with E-state index in [0.29, 0.717) is 0 Å². The van der Waals surface area contributed by atoms with Crippen molar-refractivity contribution in [2.75, 3.05) is 6.16 Å². The van der Waals surface area contributed by atoms with Gasteiger partial charge in [0.05, 0.1) is 0 Å². The second-order valence-corrected chi connectivity index (χ2v) is 1.34. The van der Waals surface area contributed by atoms with Gasteiger partial charge in [-0.25, -0.2) is 4.79 Å². The van der Waals surface area contributed by atoms with Crippen molar-refractivity contribution in [2.45, 2.75) is 0 Å². The molecular formula is C3H5O3P. The lowest BCUT2D eigenvalue weighted by Gasteiger charge is -1.80. The molecule has 0 rings (SSSR count). The van der Waals surface area contributed by atoms with Gasteiger partial charge in [-0.2, -0.15) is 0 Å². The van der Waals surface area contributed by atoms with Crippen molar-refractivity contribution < 1.29 is 14.7 Å². The number of rotatable bonds is 2. The Morgan fingerprint density at radius 3 is 2.00 bits per heavy atom. The van der Waals surface area contributed by atoms with Crippen LogP contribution in [0.15, 0.2) is 0 Å². The molecule has 0 aliphatic rings. The average molecular weight is 120 g/mol. The van der Waals surface area contributed by atoms with Gasteiger partial charge < -0.3 is 5.11 Å². The highest BCUT2D eigenvalue weighted by atomic mass is 31.0. The molecule has 0 radical (unpaired) electrons. The van der Waals surface area contributed by atoms with Crippen molar-refractivity contribution in [1.29, 1.82) is 0 Å². The average Bonchev–Trinajstić information content (AvgIpc) is 1.65. The van der Waals surface area contributed by atoms with Crippen LogP contribution in [0.5, 0.6) is 0 Å². The molecule has 0 heterocycles. The summed E-state index contributed by atoms with van der Waals surface area (Å²) in [6, 6.07) is 0. The third-order valence-electron chi connectivity index (χ3n) is 0.424. The van der Waals surface area contributed by atoms with Crippen molar-refractivity contribution in [3.63, 3.8) is 0 Å². The van der Waals surface area contributed by atoms with E-state index in [1.165, 1.54) is 0 Å². The number of carboxylic acids is 1. The summed E-state index contributed by atoms with van der Waals surface area (Å²) in [4.78, 5) is 19.5. The predicted octanol–water partition coefficient (Wildman–Crippen LogP) is -0.485. The number of Topliss-reactive ketones (excluding diaryl/α,β-unsaturated/α-hetero) is 1. The zero-order chi connectivity index (χ0) is 5.86. The SMILES string of the molecule is O=C(O)C(=O)CP. The van der Waals surface area contributed by atoms with Gasteiger partial charge in [-0.15, -0.1) is 9.24 Å². The van der Waals surface area contributed by atoms with Crippen LogP contribution in [0.2, 0.25) is 0 Å². The van der Waals surface area contributed by atoms with Crippen LogP contribution in [-0.4, -0.2) is 23.0 Å². The molecular weight excluding hydrogens is 115 g/mol. The third kappa shape index (κ3) is 2.29. The van der Waals surface area contributed by atoms with Gasteiger partial charge in [0.15, 0.2) is 0 Å². The second kappa shape index (κ2) is 2.69. The molecule has 0 spiro atoms. The summed E-state index contributed by atoms with van der Waals surface area (Å²) < 4.78 is 0. The van der Waals surface area contributed by atoms with Gasteiger partial charge >= 0.3 is 5.97 Å². The lowest BCUT2D eigenvalue weighted by molar-refractivity contribution is -0.147. The van der Waals surface area contributed by atoms with E-state index in [1.807, 2.05) is 9.24 Å². The van der Waals surface area contributed by atoms with Gasteiger partial charge in [0.25, 0.3) is 0 Å². The number of carboxylic acid groups (broad SMARTS) is 1. The Morgan fingerprint density at radius 1 is 1.57 bits per heavy atom. The molecule has 4 heteroatoms. The minimum Gasteiger partial charge on any atom is -0.475 e. The highest BCUT2D eigenvalue weighted by Gasteiger charge is 2.05. The maximum Gasteiger partial charge on any atom is 0.372 e. The molecule has 0 fully saturated rings. The third-order valence-corrected chi connectivity index (χ3v) is 0.795. The zero-order valence-corrected chi connectivity index (χ0v) is 4.70. The summed E-state index contributed by atoms with van der Waals surface area (Å²) >= 11 is 0. The minimum atomic E-state index is -1.37. The smallest absolute Gasteiger partial charge is 0.372 e. The van der Waals surface area contributed by atoms with Crippen LogP contribution >= 0.6 is 9.24 Å². The maximum atomic E-state index is 9.89. The summed E-state index contributed by atoms with van der Waals surface area (Å²) in [5.74, 6) is -2.14. The van der Waals surface area contributed by atoms with Crippen LogP contribution in [0.3, 0.4) is 0 Å². The van der Waals surface area contributed by atoms with Crippen molar-refractivity contribution >= 4 is 21.0 Å². The summed E-state index contributed by atoms with van der Waals surface area (Å²) in [6.45, 7) is 0. The molecule has 0 saturated heterocycles. The van der Waals surface area contributed by atoms with Gasteiger partial charge in [-0.1, -0.05) is 0 Å². The predicted molar refractivity (Wildman–Crippen MR) is 27.2 cm³/mol. The summed E-state index contributed by atoms with van der Waals surface area (Å²) in [5, 5.41) is 7.82. The van der Waals surface area contributed by atoms with Crippen molar-refractivity contribution in [2.24, 2.45) is 0 Å². The normalized spacial score (nSPS) is 8.14. The van der Waals surface area contributed by atoms with Gasteiger partial charge in [0.2, 0.25) is 5.78 Å². The molecule has 0 aromatic heterocycles. The summed E-state index contributed by atoms with van der Waals surface area (Å²) in [7, 11) is 2.03. The second-order valence-electron chi connectivity index (χ2n) is 0.932. The van der Waals surface area contributed by atoms with E-state index in [0.717, 1.165) is 0 Å². The topological polar surface area (TPSA) is 54.4 Å². The van der Waals surface area contributed by atoms with Crippen LogP contribution in [0.1, 0.15) is 0 Å². The first-order valence-electron chi connectivity index (χ1n) is 1.64. The molecule has 0 bridgehead atoms. The molecule has 0 amide bonds. The molecule has 0 aromatic carbocycles. The van der Waals surface area contributed by atoms with Crippen LogP contribution in [0.4, 0.5) is 0 Å². The molecule has 1 N–H and O–H groups in total. The number of hydrogen-bond acceptors (Lipinski definition) is 2. The minimum absolute atomic E-state index is 0.00463.